The molecule has 5 nitrogen and oxygen atoms in total. The number of carbonyl (C=O) groups is 3. The Morgan fingerprint density at radius 2 is 2.04 bits per heavy atom. The lowest BCUT2D eigenvalue weighted by Crippen LogP contribution is -2.23. The first-order valence-corrected chi connectivity index (χ1v) is 9.21. The molecule has 0 spiro atoms. The van der Waals surface area contributed by atoms with Crippen LogP contribution in [0.4, 0.5) is 11.4 Å². The molecular formula is C18H17ClN2O3S. The van der Waals surface area contributed by atoms with Gasteiger partial charge in [-0.1, -0.05) is 17.7 Å². The fourth-order valence-corrected chi connectivity index (χ4v) is 3.72. The molecule has 0 bridgehead atoms. The minimum atomic E-state index is -0.235. The summed E-state index contributed by atoms with van der Waals surface area (Å²) >= 11 is 7.03. The molecule has 1 saturated heterocycles. The van der Waals surface area contributed by atoms with Crippen molar-refractivity contribution in [3.8, 4) is 0 Å². The zero-order chi connectivity index (χ0) is 17.8. The van der Waals surface area contributed by atoms with Gasteiger partial charge in [-0.05, 0) is 36.8 Å². The van der Waals surface area contributed by atoms with Gasteiger partial charge in [0.15, 0.2) is 5.78 Å². The van der Waals surface area contributed by atoms with Crippen LogP contribution in [0.15, 0.2) is 36.4 Å². The molecule has 0 radical (unpaired) electrons. The Hall–Kier alpha value is -2.18. The highest BCUT2D eigenvalue weighted by Gasteiger charge is 2.21. The number of amides is 2. The topological polar surface area (TPSA) is 66.5 Å². The fraction of sp³-hybridized carbons (Fsp3) is 0.278. The number of Topliss-reactive ketones (excluding diaryl/α,β-unsaturated/α-hetero) is 1. The summed E-state index contributed by atoms with van der Waals surface area (Å²) in [5, 5.41) is 2.78. The standard InChI is InChI=1S/C18H17ClN2O3S/c19-16-8-7-15(25-16)14(22)6-9-17(23)20-12-3-1-4-13(11-12)21-10-2-5-18(21)24/h1,3-4,7-8,11H,2,5-6,9-10H2,(H,20,23). The van der Waals surface area contributed by atoms with Crippen LogP contribution in [0.2, 0.25) is 4.34 Å². The van der Waals surface area contributed by atoms with Crippen LogP contribution < -0.4 is 10.2 Å². The number of halogens is 1. The number of carbonyl (C=O) groups excluding carboxylic acids is 3. The molecule has 1 fully saturated rings. The molecule has 1 aromatic carbocycles. The monoisotopic (exact) mass is 376 g/mol. The van der Waals surface area contributed by atoms with Gasteiger partial charge in [0.2, 0.25) is 11.8 Å². The molecule has 25 heavy (non-hydrogen) atoms. The van der Waals surface area contributed by atoms with Crippen LogP contribution in [0.5, 0.6) is 0 Å². The molecule has 2 heterocycles. The number of nitrogens with zero attached hydrogens (tertiary/aromatic N) is 1. The number of anilines is 2. The summed E-state index contributed by atoms with van der Waals surface area (Å²) in [6.07, 6.45) is 1.64. The van der Waals surface area contributed by atoms with Crippen LogP contribution in [-0.2, 0) is 9.59 Å². The van der Waals surface area contributed by atoms with Gasteiger partial charge in [0.25, 0.3) is 0 Å². The Labute approximate surface area is 154 Å². The summed E-state index contributed by atoms with van der Waals surface area (Å²) in [7, 11) is 0. The normalized spacial score (nSPS) is 14.0. The van der Waals surface area contributed by atoms with E-state index >= 15 is 0 Å². The van der Waals surface area contributed by atoms with Crippen molar-refractivity contribution in [2.75, 3.05) is 16.8 Å². The van der Waals surface area contributed by atoms with Crippen molar-refractivity contribution in [2.24, 2.45) is 0 Å². The van der Waals surface area contributed by atoms with Gasteiger partial charge < -0.3 is 10.2 Å². The Morgan fingerprint density at radius 1 is 1.20 bits per heavy atom. The molecule has 2 aromatic rings. The lowest BCUT2D eigenvalue weighted by atomic mass is 10.2. The number of thiophene rings is 1. The first-order valence-electron chi connectivity index (χ1n) is 8.02. The van der Waals surface area contributed by atoms with Crippen LogP contribution in [0.25, 0.3) is 0 Å². The van der Waals surface area contributed by atoms with Gasteiger partial charge in [0.05, 0.1) is 9.21 Å². The molecule has 1 N–H and O–H groups in total. The van der Waals surface area contributed by atoms with Crippen molar-refractivity contribution in [1.82, 2.24) is 0 Å². The van der Waals surface area contributed by atoms with E-state index in [0.717, 1.165) is 12.1 Å². The molecule has 0 saturated carbocycles. The van der Waals surface area contributed by atoms with Crippen molar-refractivity contribution < 1.29 is 14.4 Å². The van der Waals surface area contributed by atoms with Crippen molar-refractivity contribution in [3.63, 3.8) is 0 Å². The minimum absolute atomic E-state index is 0.0940. The molecule has 1 aliphatic rings. The summed E-state index contributed by atoms with van der Waals surface area (Å²) in [6.45, 7) is 0.702. The number of nitrogens with one attached hydrogen (secondary N) is 1. The van der Waals surface area contributed by atoms with Crippen molar-refractivity contribution in [3.05, 3.63) is 45.6 Å². The number of hydrogen-bond donors (Lipinski definition) is 1. The van der Waals surface area contributed by atoms with Crippen LogP contribution in [0, 0.1) is 0 Å². The molecule has 2 amide bonds. The number of ketones is 1. The van der Waals surface area contributed by atoms with Crippen molar-refractivity contribution in [1.29, 1.82) is 0 Å². The Bertz CT molecular complexity index is 818. The molecule has 130 valence electrons. The quantitative estimate of drug-likeness (QED) is 0.771. The van der Waals surface area contributed by atoms with Gasteiger partial charge >= 0.3 is 0 Å². The van der Waals surface area contributed by atoms with Gasteiger partial charge in [-0.3, -0.25) is 14.4 Å². The molecule has 0 aliphatic carbocycles. The van der Waals surface area contributed by atoms with Gasteiger partial charge in [0.1, 0.15) is 0 Å². The predicted octanol–water partition coefficient (Wildman–Crippen LogP) is 4.13. The molecule has 1 aliphatic heterocycles. The maximum Gasteiger partial charge on any atom is 0.227 e. The maximum atomic E-state index is 12.1. The second-order valence-electron chi connectivity index (χ2n) is 5.77. The molecule has 7 heteroatoms. The Kier molecular flexibility index (Phi) is 5.50. The van der Waals surface area contributed by atoms with E-state index in [9.17, 15) is 14.4 Å². The number of benzene rings is 1. The highest BCUT2D eigenvalue weighted by molar-refractivity contribution is 7.18. The van der Waals surface area contributed by atoms with E-state index in [4.69, 9.17) is 11.6 Å². The van der Waals surface area contributed by atoms with E-state index in [1.165, 1.54) is 11.3 Å². The second kappa shape index (κ2) is 7.80. The lowest BCUT2D eigenvalue weighted by molar-refractivity contribution is -0.117. The third-order valence-corrected chi connectivity index (χ3v) is 5.21. The van der Waals surface area contributed by atoms with E-state index in [0.29, 0.717) is 27.9 Å². The van der Waals surface area contributed by atoms with Gasteiger partial charge in [0, 0.05) is 37.2 Å². The smallest absolute Gasteiger partial charge is 0.227 e. The highest BCUT2D eigenvalue weighted by atomic mass is 35.5. The summed E-state index contributed by atoms with van der Waals surface area (Å²) < 4.78 is 0.557. The SMILES string of the molecule is O=C(CCC(=O)c1ccc(Cl)s1)Nc1cccc(N2CCCC2=O)c1. The van der Waals surface area contributed by atoms with E-state index in [1.807, 2.05) is 6.07 Å². The second-order valence-corrected chi connectivity index (χ2v) is 7.49. The van der Waals surface area contributed by atoms with Gasteiger partial charge in [-0.2, -0.15) is 0 Å². The van der Waals surface area contributed by atoms with Crippen LogP contribution in [-0.4, -0.2) is 24.1 Å². The zero-order valence-corrected chi connectivity index (χ0v) is 15.0. The largest absolute Gasteiger partial charge is 0.326 e. The van der Waals surface area contributed by atoms with E-state index in [2.05, 4.69) is 5.32 Å². The Balaban J connectivity index is 1.56. The van der Waals surface area contributed by atoms with Crippen LogP contribution in [0.3, 0.4) is 0 Å². The predicted molar refractivity (Wildman–Crippen MR) is 99.6 cm³/mol. The zero-order valence-electron chi connectivity index (χ0n) is 13.5. The molecule has 3 rings (SSSR count). The minimum Gasteiger partial charge on any atom is -0.326 e. The first-order chi connectivity index (χ1) is 12.0. The summed E-state index contributed by atoms with van der Waals surface area (Å²) in [6, 6.07) is 10.5. The van der Waals surface area contributed by atoms with Crippen molar-refractivity contribution in [2.45, 2.75) is 25.7 Å². The molecular weight excluding hydrogens is 360 g/mol. The summed E-state index contributed by atoms with van der Waals surface area (Å²) in [4.78, 5) is 38.2. The fourth-order valence-electron chi connectivity index (χ4n) is 2.71. The number of hydrogen-bond acceptors (Lipinski definition) is 4. The third-order valence-electron chi connectivity index (χ3n) is 3.94. The molecule has 0 atom stereocenters. The van der Waals surface area contributed by atoms with Gasteiger partial charge in [-0.25, -0.2) is 0 Å². The lowest BCUT2D eigenvalue weighted by Gasteiger charge is -2.16. The van der Waals surface area contributed by atoms with Crippen molar-refractivity contribution >= 4 is 51.9 Å². The average molecular weight is 377 g/mol. The molecule has 0 unspecified atom stereocenters. The van der Waals surface area contributed by atoms with E-state index in [1.54, 1.807) is 35.2 Å². The van der Waals surface area contributed by atoms with Crippen LogP contribution >= 0.6 is 22.9 Å². The highest BCUT2D eigenvalue weighted by Crippen LogP contribution is 2.25. The summed E-state index contributed by atoms with van der Waals surface area (Å²) in [5.74, 6) is -0.229. The molecule has 1 aromatic heterocycles. The first kappa shape index (κ1) is 17.6. The third kappa shape index (κ3) is 4.46. The van der Waals surface area contributed by atoms with Crippen LogP contribution in [0.1, 0.15) is 35.4 Å². The maximum absolute atomic E-state index is 12.1. The number of rotatable bonds is 6. The summed E-state index contributed by atoms with van der Waals surface area (Å²) in [5.41, 5.74) is 1.40. The average Bonchev–Trinajstić information content (AvgIpc) is 3.21. The van der Waals surface area contributed by atoms with Gasteiger partial charge in [-0.15, -0.1) is 11.3 Å². The van der Waals surface area contributed by atoms with E-state index in [-0.39, 0.29) is 30.4 Å². The Morgan fingerprint density at radius 3 is 2.72 bits per heavy atom. The van der Waals surface area contributed by atoms with E-state index < -0.39 is 0 Å².